The van der Waals surface area contributed by atoms with E-state index in [4.69, 9.17) is 4.74 Å². The molecule has 0 radical (unpaired) electrons. The average molecular weight is 371 g/mol. The van der Waals surface area contributed by atoms with Crippen LogP contribution in [-0.2, 0) is 16.1 Å². The Morgan fingerprint density at radius 2 is 1.96 bits per heavy atom. The maximum atomic E-state index is 14.2. The molecule has 1 aliphatic rings. The van der Waals surface area contributed by atoms with E-state index in [2.05, 4.69) is 4.74 Å². The predicted molar refractivity (Wildman–Crippen MR) is 97.9 cm³/mol. The largest absolute Gasteiger partial charge is 0.465 e. The van der Waals surface area contributed by atoms with Crippen molar-refractivity contribution < 1.29 is 23.5 Å². The van der Waals surface area contributed by atoms with Gasteiger partial charge in [0.15, 0.2) is 0 Å². The smallest absolute Gasteiger partial charge is 0.410 e. The molecule has 0 saturated carbocycles. The predicted octanol–water partition coefficient (Wildman–Crippen LogP) is 4.13. The highest BCUT2D eigenvalue weighted by Crippen LogP contribution is 2.28. The SMILES string of the molecule is COC(=O)c1ccc([C@H]2CCCN(C(=O)OCc3ccccc3)C2)cc1F. The molecule has 27 heavy (non-hydrogen) atoms. The Bertz CT molecular complexity index is 809. The summed E-state index contributed by atoms with van der Waals surface area (Å²) in [7, 11) is 1.22. The molecule has 0 aliphatic carbocycles. The lowest BCUT2D eigenvalue weighted by atomic mass is 9.90. The molecule has 0 aromatic heterocycles. The van der Waals surface area contributed by atoms with Crippen molar-refractivity contribution in [1.82, 2.24) is 4.90 Å². The third kappa shape index (κ3) is 4.64. The maximum Gasteiger partial charge on any atom is 0.410 e. The number of hydrogen-bond acceptors (Lipinski definition) is 4. The summed E-state index contributed by atoms with van der Waals surface area (Å²) in [5.41, 5.74) is 1.61. The van der Waals surface area contributed by atoms with Gasteiger partial charge in [0.25, 0.3) is 0 Å². The van der Waals surface area contributed by atoms with E-state index in [0.29, 0.717) is 13.1 Å². The molecular weight excluding hydrogens is 349 g/mol. The van der Waals surface area contributed by atoms with E-state index in [1.54, 1.807) is 11.0 Å². The van der Waals surface area contributed by atoms with Gasteiger partial charge in [-0.25, -0.2) is 14.0 Å². The number of carbonyl (C=O) groups excluding carboxylic acids is 2. The minimum Gasteiger partial charge on any atom is -0.465 e. The number of benzene rings is 2. The van der Waals surface area contributed by atoms with Crippen LogP contribution < -0.4 is 0 Å². The average Bonchev–Trinajstić information content (AvgIpc) is 2.72. The van der Waals surface area contributed by atoms with Crippen LogP contribution in [0.25, 0.3) is 0 Å². The zero-order valence-electron chi connectivity index (χ0n) is 15.2. The van der Waals surface area contributed by atoms with Crippen molar-refractivity contribution in [3.05, 3.63) is 71.0 Å². The highest BCUT2D eigenvalue weighted by Gasteiger charge is 2.26. The highest BCUT2D eigenvalue weighted by atomic mass is 19.1. The molecule has 1 aliphatic heterocycles. The van der Waals surface area contributed by atoms with Crippen LogP contribution in [0.3, 0.4) is 0 Å². The first kappa shape index (κ1) is 18.9. The minimum atomic E-state index is -0.700. The number of ether oxygens (including phenoxy) is 2. The molecule has 6 heteroatoms. The number of nitrogens with zero attached hydrogens (tertiary/aromatic N) is 1. The fourth-order valence-electron chi connectivity index (χ4n) is 3.29. The molecule has 0 spiro atoms. The van der Waals surface area contributed by atoms with Gasteiger partial charge in [-0.15, -0.1) is 0 Å². The Morgan fingerprint density at radius 1 is 1.19 bits per heavy atom. The van der Waals surface area contributed by atoms with E-state index in [0.717, 1.165) is 24.0 Å². The van der Waals surface area contributed by atoms with Gasteiger partial charge in [0.1, 0.15) is 12.4 Å². The molecule has 142 valence electrons. The second-order valence-electron chi connectivity index (χ2n) is 6.56. The lowest BCUT2D eigenvalue weighted by Gasteiger charge is -2.32. The van der Waals surface area contributed by atoms with Crippen molar-refractivity contribution in [2.75, 3.05) is 20.2 Å². The van der Waals surface area contributed by atoms with E-state index < -0.39 is 11.8 Å². The summed E-state index contributed by atoms with van der Waals surface area (Å²) in [6.07, 6.45) is 1.29. The molecular formula is C21H22FNO4. The van der Waals surface area contributed by atoms with Gasteiger partial charge < -0.3 is 14.4 Å². The number of amides is 1. The zero-order valence-corrected chi connectivity index (χ0v) is 15.2. The second-order valence-corrected chi connectivity index (χ2v) is 6.56. The van der Waals surface area contributed by atoms with Crippen molar-refractivity contribution in [3.8, 4) is 0 Å². The fourth-order valence-corrected chi connectivity index (χ4v) is 3.29. The van der Waals surface area contributed by atoms with Crippen molar-refractivity contribution in [3.63, 3.8) is 0 Å². The highest BCUT2D eigenvalue weighted by molar-refractivity contribution is 5.89. The monoisotopic (exact) mass is 371 g/mol. The van der Waals surface area contributed by atoms with Crippen molar-refractivity contribution in [2.45, 2.75) is 25.4 Å². The van der Waals surface area contributed by atoms with Gasteiger partial charge in [0.2, 0.25) is 0 Å². The molecule has 0 unspecified atom stereocenters. The molecule has 0 N–H and O–H groups in total. The van der Waals surface area contributed by atoms with E-state index in [9.17, 15) is 14.0 Å². The van der Waals surface area contributed by atoms with Crippen LogP contribution in [0, 0.1) is 5.82 Å². The molecule has 1 fully saturated rings. The van der Waals surface area contributed by atoms with E-state index in [1.807, 2.05) is 30.3 Å². The Morgan fingerprint density at radius 3 is 2.67 bits per heavy atom. The lowest BCUT2D eigenvalue weighted by molar-refractivity contribution is 0.0595. The van der Waals surface area contributed by atoms with Crippen LogP contribution in [-0.4, -0.2) is 37.2 Å². The van der Waals surface area contributed by atoms with Gasteiger partial charge in [0, 0.05) is 19.0 Å². The molecule has 3 rings (SSSR count). The minimum absolute atomic E-state index is 0.00391. The quantitative estimate of drug-likeness (QED) is 0.759. The zero-order chi connectivity index (χ0) is 19.2. The number of carbonyl (C=O) groups is 2. The first-order chi connectivity index (χ1) is 13.1. The third-order valence-corrected chi connectivity index (χ3v) is 4.75. The number of rotatable bonds is 4. The topological polar surface area (TPSA) is 55.8 Å². The summed E-state index contributed by atoms with van der Waals surface area (Å²) < 4.78 is 24.2. The van der Waals surface area contributed by atoms with Crippen molar-refractivity contribution in [2.24, 2.45) is 0 Å². The van der Waals surface area contributed by atoms with Crippen LogP contribution in [0.2, 0.25) is 0 Å². The molecule has 1 heterocycles. The van der Waals surface area contributed by atoms with Gasteiger partial charge >= 0.3 is 12.1 Å². The summed E-state index contributed by atoms with van der Waals surface area (Å²) in [5, 5.41) is 0. The first-order valence-corrected chi connectivity index (χ1v) is 8.92. The summed E-state index contributed by atoms with van der Waals surface area (Å²) in [6.45, 7) is 1.31. The van der Waals surface area contributed by atoms with Crippen molar-refractivity contribution >= 4 is 12.1 Å². The molecule has 1 saturated heterocycles. The van der Waals surface area contributed by atoms with Crippen LogP contribution in [0.15, 0.2) is 48.5 Å². The van der Waals surface area contributed by atoms with Crippen LogP contribution in [0.4, 0.5) is 9.18 Å². The Labute approximate surface area is 157 Å². The van der Waals surface area contributed by atoms with Gasteiger partial charge in [-0.1, -0.05) is 36.4 Å². The molecule has 1 atom stereocenters. The molecule has 5 nitrogen and oxygen atoms in total. The number of likely N-dealkylation sites (tertiary alicyclic amines) is 1. The van der Waals surface area contributed by atoms with E-state index in [-0.39, 0.29) is 24.2 Å². The molecule has 0 bridgehead atoms. The normalized spacial score (nSPS) is 16.7. The van der Waals surface area contributed by atoms with Crippen molar-refractivity contribution in [1.29, 1.82) is 0 Å². The fraction of sp³-hybridized carbons (Fsp3) is 0.333. The van der Waals surface area contributed by atoms with Gasteiger partial charge in [-0.05, 0) is 36.1 Å². The molecule has 1 amide bonds. The van der Waals surface area contributed by atoms with Gasteiger partial charge in [0.05, 0.1) is 12.7 Å². The Kier molecular flexibility index (Phi) is 6.06. The first-order valence-electron chi connectivity index (χ1n) is 8.92. The number of methoxy groups -OCH3 is 1. The lowest BCUT2D eigenvalue weighted by Crippen LogP contribution is -2.39. The van der Waals surface area contributed by atoms with Gasteiger partial charge in [-0.2, -0.15) is 0 Å². The standard InChI is InChI=1S/C21H22FNO4/c1-26-20(24)18-10-9-16(12-19(18)22)17-8-5-11-23(13-17)21(25)27-14-15-6-3-2-4-7-15/h2-4,6-7,9-10,12,17H,5,8,11,13-14H2,1H3/t17-/m0/s1. The van der Waals surface area contributed by atoms with Crippen LogP contribution in [0.1, 0.15) is 40.2 Å². The Hall–Kier alpha value is -2.89. The van der Waals surface area contributed by atoms with Crippen LogP contribution in [0.5, 0.6) is 0 Å². The van der Waals surface area contributed by atoms with E-state index >= 15 is 0 Å². The van der Waals surface area contributed by atoms with Crippen LogP contribution >= 0.6 is 0 Å². The number of piperidine rings is 1. The Balaban J connectivity index is 1.62. The third-order valence-electron chi connectivity index (χ3n) is 4.75. The maximum absolute atomic E-state index is 14.2. The van der Waals surface area contributed by atoms with Gasteiger partial charge in [-0.3, -0.25) is 0 Å². The summed E-state index contributed by atoms with van der Waals surface area (Å²) in [5.74, 6) is -1.30. The molecule has 2 aromatic carbocycles. The number of hydrogen-bond donors (Lipinski definition) is 0. The van der Waals surface area contributed by atoms with E-state index in [1.165, 1.54) is 19.2 Å². The number of esters is 1. The number of halogens is 1. The molecule has 2 aromatic rings. The summed E-state index contributed by atoms with van der Waals surface area (Å²) in [4.78, 5) is 25.5. The summed E-state index contributed by atoms with van der Waals surface area (Å²) in [6, 6.07) is 14.0. The summed E-state index contributed by atoms with van der Waals surface area (Å²) >= 11 is 0. The second kappa shape index (κ2) is 8.66.